The number of halogens is 2. The number of ether oxygens (including phenoxy) is 1. The number of hydrogen-bond donors (Lipinski definition) is 2. The molecule has 0 atom stereocenters. The molecule has 27 heavy (non-hydrogen) atoms. The Balaban J connectivity index is 1.98. The van der Waals surface area contributed by atoms with E-state index in [9.17, 15) is 22.4 Å². The van der Waals surface area contributed by atoms with Crippen molar-refractivity contribution in [3.8, 4) is 5.75 Å². The van der Waals surface area contributed by atoms with E-state index in [-0.39, 0.29) is 33.6 Å². The van der Waals surface area contributed by atoms with E-state index in [1.54, 1.807) is 0 Å². The maximum absolute atomic E-state index is 13.9. The van der Waals surface area contributed by atoms with E-state index in [1.165, 1.54) is 18.2 Å². The van der Waals surface area contributed by atoms with Crippen LogP contribution in [0.3, 0.4) is 0 Å². The smallest absolute Gasteiger partial charge is 0.323 e. The summed E-state index contributed by atoms with van der Waals surface area (Å²) in [5.74, 6) is -2.61. The molecule has 3 rings (SSSR count). The predicted molar refractivity (Wildman–Crippen MR) is 94.1 cm³/mol. The number of nitrogens with one attached hydrogen (secondary N) is 1. The number of anilines is 2. The third-order valence-corrected chi connectivity index (χ3v) is 5.25. The first kappa shape index (κ1) is 18.9. The molecule has 0 fully saturated rings. The number of amides is 1. The van der Waals surface area contributed by atoms with Crippen molar-refractivity contribution in [3.63, 3.8) is 0 Å². The number of hydrogen-bond acceptors (Lipinski definition) is 5. The normalized spacial score (nSPS) is 13.7. The third-order valence-electron chi connectivity index (χ3n) is 3.65. The second-order valence-electron chi connectivity index (χ2n) is 5.52. The summed E-state index contributed by atoms with van der Waals surface area (Å²) in [6.07, 6.45) is 0. The number of carboxylic acid groups (broad SMARTS) is 1. The second kappa shape index (κ2) is 7.05. The van der Waals surface area contributed by atoms with Crippen molar-refractivity contribution in [2.75, 3.05) is 22.8 Å². The minimum atomic E-state index is -4.23. The largest absolute Gasteiger partial charge is 0.482 e. The molecule has 0 saturated heterocycles. The lowest BCUT2D eigenvalue weighted by Gasteiger charge is -2.28. The van der Waals surface area contributed by atoms with Gasteiger partial charge in [0.15, 0.2) is 6.61 Å². The van der Waals surface area contributed by atoms with E-state index in [0.29, 0.717) is 0 Å². The summed E-state index contributed by atoms with van der Waals surface area (Å²) in [7, 11) is -4.23. The SMILES string of the molecule is O=C(O)CN1C(=O)COc2ccc(S(=O)(=O)Nc3ccc(Cl)cc3F)cc21. The fraction of sp³-hybridized carbons (Fsp3) is 0.125. The topological polar surface area (TPSA) is 113 Å². The van der Waals surface area contributed by atoms with Gasteiger partial charge in [0.2, 0.25) is 0 Å². The Morgan fingerprint density at radius 2 is 2.04 bits per heavy atom. The van der Waals surface area contributed by atoms with Gasteiger partial charge in [-0.2, -0.15) is 0 Å². The number of sulfonamides is 1. The Labute approximate surface area is 158 Å². The minimum absolute atomic E-state index is 0.00639. The van der Waals surface area contributed by atoms with Crippen LogP contribution in [0.2, 0.25) is 5.02 Å². The zero-order valence-electron chi connectivity index (χ0n) is 13.5. The summed E-state index contributed by atoms with van der Waals surface area (Å²) in [5.41, 5.74) is -0.319. The molecule has 0 radical (unpaired) electrons. The van der Waals surface area contributed by atoms with Gasteiger partial charge in [0.05, 0.1) is 16.3 Å². The summed E-state index contributed by atoms with van der Waals surface area (Å²) in [4.78, 5) is 23.5. The Morgan fingerprint density at radius 1 is 1.30 bits per heavy atom. The van der Waals surface area contributed by atoms with Crippen LogP contribution in [0.1, 0.15) is 0 Å². The summed E-state index contributed by atoms with van der Waals surface area (Å²) in [6, 6.07) is 7.01. The number of carbonyl (C=O) groups is 2. The van der Waals surface area contributed by atoms with Gasteiger partial charge in [-0.3, -0.25) is 19.2 Å². The first-order valence-electron chi connectivity index (χ1n) is 7.44. The lowest BCUT2D eigenvalue weighted by atomic mass is 10.2. The van der Waals surface area contributed by atoms with Crippen molar-refractivity contribution >= 4 is 44.9 Å². The average molecular weight is 415 g/mol. The van der Waals surface area contributed by atoms with Crippen LogP contribution in [0.25, 0.3) is 0 Å². The van der Waals surface area contributed by atoms with Gasteiger partial charge in [-0.25, -0.2) is 12.8 Å². The first-order valence-corrected chi connectivity index (χ1v) is 9.30. The van der Waals surface area contributed by atoms with Crippen molar-refractivity contribution in [1.29, 1.82) is 0 Å². The Bertz CT molecular complexity index is 1040. The monoisotopic (exact) mass is 414 g/mol. The molecule has 0 unspecified atom stereocenters. The van der Waals surface area contributed by atoms with Crippen LogP contribution in [0, 0.1) is 5.82 Å². The van der Waals surface area contributed by atoms with Gasteiger partial charge in [-0.1, -0.05) is 11.6 Å². The van der Waals surface area contributed by atoms with Gasteiger partial charge >= 0.3 is 5.97 Å². The Kier molecular flexibility index (Phi) is 4.94. The van der Waals surface area contributed by atoms with Crippen molar-refractivity contribution in [1.82, 2.24) is 0 Å². The number of rotatable bonds is 5. The molecule has 142 valence electrons. The molecular formula is C16H12ClFN2O6S. The predicted octanol–water partition coefficient (Wildman–Crippen LogP) is 2.09. The molecule has 1 aliphatic rings. The molecule has 0 aliphatic carbocycles. The van der Waals surface area contributed by atoms with Gasteiger partial charge in [0.1, 0.15) is 18.1 Å². The van der Waals surface area contributed by atoms with E-state index >= 15 is 0 Å². The fourth-order valence-electron chi connectivity index (χ4n) is 2.43. The molecule has 2 aromatic carbocycles. The third kappa shape index (κ3) is 3.96. The number of carboxylic acids is 1. The minimum Gasteiger partial charge on any atom is -0.482 e. The molecule has 0 saturated carbocycles. The van der Waals surface area contributed by atoms with Gasteiger partial charge < -0.3 is 9.84 Å². The Hall–Kier alpha value is -2.85. The number of nitrogens with zero attached hydrogens (tertiary/aromatic N) is 1. The summed E-state index contributed by atoms with van der Waals surface area (Å²) in [5, 5.41) is 9.07. The van der Waals surface area contributed by atoms with Gasteiger partial charge in [-0.05, 0) is 36.4 Å². The van der Waals surface area contributed by atoms with Crippen molar-refractivity contribution in [3.05, 3.63) is 47.2 Å². The van der Waals surface area contributed by atoms with Crippen LogP contribution in [0.4, 0.5) is 15.8 Å². The highest BCUT2D eigenvalue weighted by Gasteiger charge is 2.29. The first-order chi connectivity index (χ1) is 12.7. The van der Waals surface area contributed by atoms with E-state index in [4.69, 9.17) is 21.4 Å². The van der Waals surface area contributed by atoms with E-state index in [0.717, 1.165) is 23.1 Å². The quantitative estimate of drug-likeness (QED) is 0.774. The van der Waals surface area contributed by atoms with E-state index in [1.807, 2.05) is 0 Å². The highest BCUT2D eigenvalue weighted by atomic mass is 35.5. The highest BCUT2D eigenvalue weighted by molar-refractivity contribution is 7.92. The molecule has 0 spiro atoms. The molecule has 11 heteroatoms. The lowest BCUT2D eigenvalue weighted by molar-refractivity contribution is -0.137. The second-order valence-corrected chi connectivity index (χ2v) is 7.64. The van der Waals surface area contributed by atoms with Crippen LogP contribution < -0.4 is 14.4 Å². The van der Waals surface area contributed by atoms with Crippen molar-refractivity contribution in [2.45, 2.75) is 4.90 Å². The molecule has 1 amide bonds. The fourth-order valence-corrected chi connectivity index (χ4v) is 3.68. The Morgan fingerprint density at radius 3 is 2.70 bits per heavy atom. The molecule has 0 aromatic heterocycles. The molecule has 2 N–H and O–H groups in total. The summed E-state index contributed by atoms with van der Waals surface area (Å²) < 4.78 is 46.3. The number of benzene rings is 2. The van der Waals surface area contributed by atoms with Crippen molar-refractivity contribution in [2.24, 2.45) is 0 Å². The maximum atomic E-state index is 13.9. The molecule has 1 heterocycles. The summed E-state index contributed by atoms with van der Waals surface area (Å²) in [6.45, 7) is -1.02. The number of fused-ring (bicyclic) bond motifs is 1. The maximum Gasteiger partial charge on any atom is 0.323 e. The zero-order valence-corrected chi connectivity index (χ0v) is 15.1. The van der Waals surface area contributed by atoms with Crippen molar-refractivity contribution < 1.29 is 32.2 Å². The van der Waals surface area contributed by atoms with Crippen LogP contribution in [0.5, 0.6) is 5.75 Å². The molecule has 1 aliphatic heterocycles. The average Bonchev–Trinajstić information content (AvgIpc) is 2.59. The number of carbonyl (C=O) groups excluding carboxylic acids is 1. The van der Waals surface area contributed by atoms with Crippen LogP contribution in [-0.2, 0) is 19.6 Å². The zero-order chi connectivity index (χ0) is 19.8. The molecular weight excluding hydrogens is 403 g/mol. The standard InChI is InChI=1S/C16H12ClFN2O6S/c17-9-1-3-12(11(18)5-9)19-27(24,25)10-2-4-14-13(6-10)20(7-16(22)23)15(21)8-26-14/h1-6,19H,7-8H2,(H,22,23). The van der Waals surface area contributed by atoms with Crippen LogP contribution in [-0.4, -0.2) is 38.6 Å². The van der Waals surface area contributed by atoms with Crippen LogP contribution in [0.15, 0.2) is 41.3 Å². The molecule has 2 aromatic rings. The summed E-state index contributed by atoms with van der Waals surface area (Å²) >= 11 is 5.64. The van der Waals surface area contributed by atoms with E-state index in [2.05, 4.69) is 4.72 Å². The molecule has 0 bridgehead atoms. The molecule has 8 nitrogen and oxygen atoms in total. The van der Waals surface area contributed by atoms with Gasteiger partial charge in [0.25, 0.3) is 15.9 Å². The van der Waals surface area contributed by atoms with E-state index < -0.39 is 34.3 Å². The number of aliphatic carboxylic acids is 1. The van der Waals surface area contributed by atoms with Gasteiger partial charge in [-0.15, -0.1) is 0 Å². The lowest BCUT2D eigenvalue weighted by Crippen LogP contribution is -2.42. The van der Waals surface area contributed by atoms with Gasteiger partial charge in [0, 0.05) is 5.02 Å². The highest BCUT2D eigenvalue weighted by Crippen LogP contribution is 2.34. The van der Waals surface area contributed by atoms with Crippen LogP contribution >= 0.6 is 11.6 Å².